The third kappa shape index (κ3) is 2.06. The van der Waals surface area contributed by atoms with E-state index in [0.717, 1.165) is 11.1 Å². The van der Waals surface area contributed by atoms with Gasteiger partial charge in [-0.15, -0.1) is 11.6 Å². The van der Waals surface area contributed by atoms with Gasteiger partial charge in [0.1, 0.15) is 0 Å². The lowest BCUT2D eigenvalue weighted by Gasteiger charge is -2.12. The van der Waals surface area contributed by atoms with Crippen molar-refractivity contribution in [2.45, 2.75) is 19.2 Å². The molecule has 1 rings (SSSR count). The highest BCUT2D eigenvalue weighted by molar-refractivity contribution is 6.31. The molecule has 0 aliphatic rings. The summed E-state index contributed by atoms with van der Waals surface area (Å²) in [6.07, 6.45) is 1.68. The smallest absolute Gasteiger partial charge is 0.171 e. The van der Waals surface area contributed by atoms with Gasteiger partial charge in [0.05, 0.1) is 12.5 Å². The van der Waals surface area contributed by atoms with Crippen molar-refractivity contribution in [1.82, 2.24) is 4.98 Å². The first-order chi connectivity index (χ1) is 6.07. The number of rotatable bonds is 2. The van der Waals surface area contributed by atoms with E-state index in [4.69, 9.17) is 27.9 Å². The van der Waals surface area contributed by atoms with Crippen LogP contribution in [0.4, 0.5) is 0 Å². The predicted molar refractivity (Wildman–Crippen MR) is 54.8 cm³/mol. The highest BCUT2D eigenvalue weighted by atomic mass is 35.5. The van der Waals surface area contributed by atoms with E-state index in [0.29, 0.717) is 10.9 Å². The summed E-state index contributed by atoms with van der Waals surface area (Å²) in [6.45, 7) is 3.81. The molecule has 0 bridgehead atoms. The van der Waals surface area contributed by atoms with Crippen LogP contribution in [0.25, 0.3) is 0 Å². The summed E-state index contributed by atoms with van der Waals surface area (Å²) >= 11 is 11.8. The molecule has 0 spiro atoms. The van der Waals surface area contributed by atoms with E-state index in [9.17, 15) is 0 Å². The van der Waals surface area contributed by atoms with Crippen LogP contribution in [0.5, 0.6) is 5.75 Å². The summed E-state index contributed by atoms with van der Waals surface area (Å²) in [7, 11) is 1.57. The molecule has 0 amide bonds. The molecule has 0 aromatic carbocycles. The van der Waals surface area contributed by atoms with Crippen molar-refractivity contribution in [1.29, 1.82) is 0 Å². The van der Waals surface area contributed by atoms with Gasteiger partial charge in [-0.05, 0) is 19.4 Å². The van der Waals surface area contributed by atoms with E-state index in [1.54, 1.807) is 13.3 Å². The average molecular weight is 220 g/mol. The molecule has 0 fully saturated rings. The molecular formula is C9H11Cl2NO. The number of hydrogen-bond donors (Lipinski definition) is 0. The van der Waals surface area contributed by atoms with Crippen LogP contribution in [-0.4, -0.2) is 12.1 Å². The standard InChI is InChI=1S/C9H11Cl2NO/c1-5-7(6(2)10)4-12-9(11)8(5)13-3/h4,6H,1-3H3. The van der Waals surface area contributed by atoms with Gasteiger partial charge in [0.2, 0.25) is 0 Å². The molecule has 0 saturated carbocycles. The second kappa shape index (κ2) is 4.16. The normalized spacial score (nSPS) is 12.7. The Hall–Kier alpha value is -0.470. The van der Waals surface area contributed by atoms with E-state index < -0.39 is 0 Å². The lowest BCUT2D eigenvalue weighted by molar-refractivity contribution is 0.409. The Kier molecular flexibility index (Phi) is 3.40. The van der Waals surface area contributed by atoms with E-state index in [2.05, 4.69) is 4.98 Å². The van der Waals surface area contributed by atoms with Gasteiger partial charge in [-0.2, -0.15) is 0 Å². The minimum atomic E-state index is -0.0846. The molecule has 0 saturated heterocycles. The van der Waals surface area contributed by atoms with Crippen molar-refractivity contribution in [3.8, 4) is 5.75 Å². The Morgan fingerprint density at radius 1 is 1.54 bits per heavy atom. The van der Waals surface area contributed by atoms with Crippen LogP contribution in [0.3, 0.4) is 0 Å². The van der Waals surface area contributed by atoms with Crippen molar-refractivity contribution in [3.05, 3.63) is 22.5 Å². The predicted octanol–water partition coefficient (Wildman–Crippen LogP) is 3.35. The highest BCUT2D eigenvalue weighted by Gasteiger charge is 2.13. The van der Waals surface area contributed by atoms with E-state index >= 15 is 0 Å². The molecule has 1 heterocycles. The molecule has 4 heteroatoms. The molecule has 0 N–H and O–H groups in total. The third-order valence-corrected chi connectivity index (χ3v) is 2.41. The molecule has 1 aromatic heterocycles. The SMILES string of the molecule is COc1c(Cl)ncc(C(C)Cl)c1C. The summed E-state index contributed by atoms with van der Waals surface area (Å²) < 4.78 is 5.11. The van der Waals surface area contributed by atoms with E-state index in [1.807, 2.05) is 13.8 Å². The van der Waals surface area contributed by atoms with E-state index in [-0.39, 0.29) is 5.38 Å². The molecule has 2 nitrogen and oxygen atoms in total. The summed E-state index contributed by atoms with van der Waals surface area (Å²) in [5, 5.41) is 0.291. The fourth-order valence-corrected chi connectivity index (χ4v) is 1.69. The molecule has 72 valence electrons. The van der Waals surface area contributed by atoms with Crippen LogP contribution in [0, 0.1) is 6.92 Å². The quantitative estimate of drug-likeness (QED) is 0.563. The molecule has 0 aliphatic heterocycles. The number of pyridine rings is 1. The van der Waals surface area contributed by atoms with Gasteiger partial charge >= 0.3 is 0 Å². The molecule has 1 unspecified atom stereocenters. The fraction of sp³-hybridized carbons (Fsp3) is 0.444. The van der Waals surface area contributed by atoms with Crippen LogP contribution in [0.15, 0.2) is 6.20 Å². The summed E-state index contributed by atoms with van der Waals surface area (Å²) in [4.78, 5) is 3.99. The minimum absolute atomic E-state index is 0.0846. The van der Waals surface area contributed by atoms with Crippen LogP contribution < -0.4 is 4.74 Å². The topological polar surface area (TPSA) is 22.1 Å². The monoisotopic (exact) mass is 219 g/mol. The molecule has 1 aromatic rings. The Bertz CT molecular complexity index is 313. The van der Waals surface area contributed by atoms with Gasteiger partial charge in [0, 0.05) is 11.8 Å². The van der Waals surface area contributed by atoms with Crippen LogP contribution in [-0.2, 0) is 0 Å². The van der Waals surface area contributed by atoms with E-state index in [1.165, 1.54) is 0 Å². The molecular weight excluding hydrogens is 209 g/mol. The molecule has 0 radical (unpaired) electrons. The van der Waals surface area contributed by atoms with Crippen LogP contribution in [0.2, 0.25) is 5.15 Å². The maximum absolute atomic E-state index is 5.95. The van der Waals surface area contributed by atoms with Gasteiger partial charge < -0.3 is 4.74 Å². The number of halogens is 2. The van der Waals surface area contributed by atoms with Gasteiger partial charge in [0.25, 0.3) is 0 Å². The highest BCUT2D eigenvalue weighted by Crippen LogP contribution is 2.32. The number of ether oxygens (including phenoxy) is 1. The van der Waals surface area contributed by atoms with Crippen molar-refractivity contribution >= 4 is 23.2 Å². The largest absolute Gasteiger partial charge is 0.493 e. The number of alkyl halides is 1. The zero-order valence-corrected chi connectivity index (χ0v) is 9.28. The summed E-state index contributed by atoms with van der Waals surface area (Å²) in [5.74, 6) is 0.603. The van der Waals surface area contributed by atoms with Crippen LogP contribution in [0.1, 0.15) is 23.4 Å². The minimum Gasteiger partial charge on any atom is -0.493 e. The number of nitrogens with zero attached hydrogens (tertiary/aromatic N) is 1. The second-order valence-electron chi connectivity index (χ2n) is 2.78. The van der Waals surface area contributed by atoms with Crippen molar-refractivity contribution in [3.63, 3.8) is 0 Å². The maximum Gasteiger partial charge on any atom is 0.171 e. The Morgan fingerprint density at radius 3 is 2.62 bits per heavy atom. The molecule has 1 atom stereocenters. The lowest BCUT2D eigenvalue weighted by Crippen LogP contribution is -1.97. The zero-order chi connectivity index (χ0) is 10.0. The first-order valence-corrected chi connectivity index (χ1v) is 4.72. The third-order valence-electron chi connectivity index (χ3n) is 1.91. The second-order valence-corrected chi connectivity index (χ2v) is 3.79. The Labute approximate surface area is 87.8 Å². The first kappa shape index (κ1) is 10.6. The molecule has 13 heavy (non-hydrogen) atoms. The summed E-state index contributed by atoms with van der Waals surface area (Å²) in [5.41, 5.74) is 1.90. The van der Waals surface area contributed by atoms with Gasteiger partial charge in [-0.25, -0.2) is 4.98 Å². The van der Waals surface area contributed by atoms with Crippen molar-refractivity contribution in [2.75, 3.05) is 7.11 Å². The summed E-state index contributed by atoms with van der Waals surface area (Å²) in [6, 6.07) is 0. The number of aromatic nitrogens is 1. The van der Waals surface area contributed by atoms with Crippen LogP contribution >= 0.6 is 23.2 Å². The first-order valence-electron chi connectivity index (χ1n) is 3.91. The number of methoxy groups -OCH3 is 1. The zero-order valence-electron chi connectivity index (χ0n) is 7.77. The van der Waals surface area contributed by atoms with Gasteiger partial charge in [-0.3, -0.25) is 0 Å². The van der Waals surface area contributed by atoms with Crippen molar-refractivity contribution in [2.24, 2.45) is 0 Å². The van der Waals surface area contributed by atoms with Gasteiger partial charge in [0.15, 0.2) is 10.9 Å². The van der Waals surface area contributed by atoms with Crippen molar-refractivity contribution < 1.29 is 4.74 Å². The van der Waals surface area contributed by atoms with Gasteiger partial charge in [-0.1, -0.05) is 11.6 Å². The number of hydrogen-bond acceptors (Lipinski definition) is 2. The Balaban J connectivity index is 3.27. The Morgan fingerprint density at radius 2 is 2.15 bits per heavy atom. The maximum atomic E-state index is 5.95. The lowest BCUT2D eigenvalue weighted by atomic mass is 10.1. The molecule has 0 aliphatic carbocycles. The fourth-order valence-electron chi connectivity index (χ4n) is 1.21. The average Bonchev–Trinajstić information content (AvgIpc) is 2.04.